The number of ether oxygens (including phenoxy) is 1. The Hall–Kier alpha value is 0.0500. The molecule has 0 aliphatic carbocycles. The van der Waals surface area contributed by atoms with Crippen LogP contribution in [0.25, 0.3) is 0 Å². The van der Waals surface area contributed by atoms with E-state index in [0.717, 1.165) is 22.2 Å². The van der Waals surface area contributed by atoms with Crippen LogP contribution in [0.15, 0.2) is 14.1 Å². The van der Waals surface area contributed by atoms with Gasteiger partial charge in [0.05, 0.1) is 10.4 Å². The number of hydrogen-bond acceptors (Lipinski definition) is 4. The van der Waals surface area contributed by atoms with Crippen LogP contribution in [0.1, 0.15) is 32.3 Å². The topological polar surface area (TPSA) is 46.6 Å². The van der Waals surface area contributed by atoms with Crippen LogP contribution in [0.3, 0.4) is 0 Å². The van der Waals surface area contributed by atoms with Gasteiger partial charge in [-0.2, -0.15) is 4.31 Å². The Morgan fingerprint density at radius 3 is 2.40 bits per heavy atom. The fourth-order valence-electron chi connectivity index (χ4n) is 2.05. The molecule has 0 unspecified atom stereocenters. The maximum absolute atomic E-state index is 12.8. The Bertz CT molecular complexity index is 504. The lowest BCUT2D eigenvalue weighted by Gasteiger charge is -2.28. The van der Waals surface area contributed by atoms with E-state index in [-0.39, 0.29) is 6.04 Å². The maximum Gasteiger partial charge on any atom is 0.252 e. The van der Waals surface area contributed by atoms with Crippen LogP contribution in [-0.2, 0) is 14.8 Å². The molecule has 0 saturated heterocycles. The van der Waals surface area contributed by atoms with Crippen molar-refractivity contribution in [3.8, 4) is 0 Å². The summed E-state index contributed by atoms with van der Waals surface area (Å²) in [5.74, 6) is 0. The van der Waals surface area contributed by atoms with Crippen LogP contribution in [0.4, 0.5) is 0 Å². The third-order valence-electron chi connectivity index (χ3n) is 3.26. The van der Waals surface area contributed by atoms with Gasteiger partial charge in [-0.05, 0) is 47.3 Å². The molecule has 1 rings (SSSR count). The van der Waals surface area contributed by atoms with Gasteiger partial charge in [-0.3, -0.25) is 0 Å². The summed E-state index contributed by atoms with van der Waals surface area (Å²) >= 11 is 4.66. The Balaban J connectivity index is 3.15. The highest BCUT2D eigenvalue weighted by atomic mass is 79.9. The highest BCUT2D eigenvalue weighted by Crippen LogP contribution is 2.33. The van der Waals surface area contributed by atoms with Crippen LogP contribution in [0.2, 0.25) is 0 Å². The molecule has 0 saturated carbocycles. The summed E-state index contributed by atoms with van der Waals surface area (Å²) in [6, 6.07) is 1.74. The third-order valence-corrected chi connectivity index (χ3v) is 7.80. The molecule has 0 aliphatic rings. The zero-order chi connectivity index (χ0) is 15.3. The third kappa shape index (κ3) is 4.04. The van der Waals surface area contributed by atoms with E-state index < -0.39 is 10.0 Å². The molecule has 1 heterocycles. The van der Waals surface area contributed by atoms with Gasteiger partial charge in [0.15, 0.2) is 0 Å². The van der Waals surface area contributed by atoms with Crippen molar-refractivity contribution >= 4 is 37.3 Å². The lowest BCUT2D eigenvalue weighted by atomic mass is 10.2. The minimum absolute atomic E-state index is 0.0105. The average molecular weight is 384 g/mol. The van der Waals surface area contributed by atoms with Gasteiger partial charge in [-0.25, -0.2) is 8.42 Å². The smallest absolute Gasteiger partial charge is 0.252 e. The van der Waals surface area contributed by atoms with Crippen LogP contribution < -0.4 is 0 Å². The van der Waals surface area contributed by atoms with Crippen molar-refractivity contribution in [1.82, 2.24) is 4.31 Å². The molecule has 0 amide bonds. The number of sulfonamides is 1. The van der Waals surface area contributed by atoms with Gasteiger partial charge < -0.3 is 4.74 Å². The highest BCUT2D eigenvalue weighted by Gasteiger charge is 2.31. The van der Waals surface area contributed by atoms with E-state index in [4.69, 9.17) is 4.74 Å². The van der Waals surface area contributed by atoms with E-state index in [2.05, 4.69) is 15.9 Å². The molecular formula is C13H22BrNO3S2. The van der Waals surface area contributed by atoms with Crippen molar-refractivity contribution in [2.45, 2.75) is 43.9 Å². The minimum Gasteiger partial charge on any atom is -0.383 e. The van der Waals surface area contributed by atoms with Gasteiger partial charge in [-0.1, -0.05) is 13.8 Å². The fraction of sp³-hybridized carbons (Fsp3) is 0.692. The number of methoxy groups -OCH3 is 1. The summed E-state index contributed by atoms with van der Waals surface area (Å²) in [4.78, 5) is 0. The van der Waals surface area contributed by atoms with Crippen LogP contribution in [0.5, 0.6) is 0 Å². The van der Waals surface area contributed by atoms with Crippen LogP contribution in [0, 0.1) is 6.92 Å². The zero-order valence-corrected chi connectivity index (χ0v) is 15.6. The molecule has 0 fully saturated rings. The standard InChI is InChI=1S/C13H22BrNO3S2/c1-5-11(6-2)15(7-8-18-4)20(16,17)12-9-10(3)13(14)19-12/h9,11H,5-8H2,1-4H3. The van der Waals surface area contributed by atoms with Crippen molar-refractivity contribution in [1.29, 1.82) is 0 Å². The van der Waals surface area contributed by atoms with Gasteiger partial charge >= 0.3 is 0 Å². The van der Waals surface area contributed by atoms with Crippen molar-refractivity contribution in [3.63, 3.8) is 0 Å². The number of halogens is 1. The predicted molar refractivity (Wildman–Crippen MR) is 86.9 cm³/mol. The van der Waals surface area contributed by atoms with Gasteiger partial charge in [-0.15, -0.1) is 11.3 Å². The van der Waals surface area contributed by atoms with Crippen molar-refractivity contribution in [3.05, 3.63) is 15.4 Å². The van der Waals surface area contributed by atoms with Gasteiger partial charge in [0.25, 0.3) is 10.0 Å². The summed E-state index contributed by atoms with van der Waals surface area (Å²) in [5, 5.41) is 0. The molecule has 0 N–H and O–H groups in total. The first-order chi connectivity index (χ1) is 9.38. The second-order valence-corrected chi connectivity index (χ2v) is 9.09. The largest absolute Gasteiger partial charge is 0.383 e. The van der Waals surface area contributed by atoms with E-state index in [9.17, 15) is 8.42 Å². The number of rotatable bonds is 8. The maximum atomic E-state index is 12.8. The van der Waals surface area contributed by atoms with Gasteiger partial charge in [0.2, 0.25) is 0 Å². The van der Waals surface area contributed by atoms with Gasteiger partial charge in [0.1, 0.15) is 4.21 Å². The molecule has 1 aromatic heterocycles. The molecular weight excluding hydrogens is 362 g/mol. The quantitative estimate of drug-likeness (QED) is 0.688. The average Bonchev–Trinajstić information content (AvgIpc) is 2.75. The monoisotopic (exact) mass is 383 g/mol. The summed E-state index contributed by atoms with van der Waals surface area (Å²) in [5.41, 5.74) is 0.949. The number of hydrogen-bond donors (Lipinski definition) is 0. The molecule has 0 aromatic carbocycles. The lowest BCUT2D eigenvalue weighted by molar-refractivity contribution is 0.163. The van der Waals surface area contributed by atoms with E-state index in [1.807, 2.05) is 20.8 Å². The zero-order valence-electron chi connectivity index (χ0n) is 12.3. The molecule has 0 aliphatic heterocycles. The Kier molecular flexibility index (Phi) is 7.14. The summed E-state index contributed by atoms with van der Waals surface area (Å²) in [6.45, 7) is 6.72. The Morgan fingerprint density at radius 2 is 2.00 bits per heavy atom. The van der Waals surface area contributed by atoms with E-state index in [1.165, 1.54) is 11.3 Å². The summed E-state index contributed by atoms with van der Waals surface area (Å²) < 4.78 is 33.5. The van der Waals surface area contributed by atoms with Gasteiger partial charge in [0, 0.05) is 19.7 Å². The number of nitrogens with zero attached hydrogens (tertiary/aromatic N) is 1. The van der Waals surface area contributed by atoms with Crippen molar-refractivity contribution in [2.75, 3.05) is 20.3 Å². The summed E-state index contributed by atoms with van der Waals surface area (Å²) in [6.07, 6.45) is 1.59. The normalized spacial score (nSPS) is 12.6. The van der Waals surface area contributed by atoms with Crippen LogP contribution in [-0.4, -0.2) is 39.0 Å². The van der Waals surface area contributed by atoms with E-state index in [1.54, 1.807) is 17.5 Å². The fourth-order valence-corrected chi connectivity index (χ4v) is 6.16. The lowest BCUT2D eigenvalue weighted by Crippen LogP contribution is -2.41. The Morgan fingerprint density at radius 1 is 1.40 bits per heavy atom. The molecule has 1 aromatic rings. The first-order valence-electron chi connectivity index (χ1n) is 6.65. The number of aryl methyl sites for hydroxylation is 1. The van der Waals surface area contributed by atoms with Crippen molar-refractivity contribution < 1.29 is 13.2 Å². The number of thiophene rings is 1. The molecule has 7 heteroatoms. The van der Waals surface area contributed by atoms with Crippen molar-refractivity contribution in [2.24, 2.45) is 0 Å². The molecule has 0 atom stereocenters. The summed E-state index contributed by atoms with van der Waals surface area (Å²) in [7, 11) is -1.87. The minimum atomic E-state index is -3.46. The molecule has 0 radical (unpaired) electrons. The second-order valence-electron chi connectivity index (χ2n) is 4.60. The predicted octanol–water partition coefficient (Wildman–Crippen LogP) is 3.64. The Labute approximate surface area is 134 Å². The first-order valence-corrected chi connectivity index (χ1v) is 9.70. The SMILES string of the molecule is CCC(CC)N(CCOC)S(=O)(=O)c1cc(C)c(Br)s1. The molecule has 4 nitrogen and oxygen atoms in total. The molecule has 0 spiro atoms. The first kappa shape index (κ1) is 18.1. The second kappa shape index (κ2) is 7.89. The molecule has 0 bridgehead atoms. The highest BCUT2D eigenvalue weighted by molar-refractivity contribution is 9.11. The molecule has 116 valence electrons. The molecule has 20 heavy (non-hydrogen) atoms. The van der Waals surface area contributed by atoms with Crippen LogP contribution >= 0.6 is 27.3 Å². The van der Waals surface area contributed by atoms with E-state index >= 15 is 0 Å². The van der Waals surface area contributed by atoms with E-state index in [0.29, 0.717) is 17.4 Å².